The summed E-state index contributed by atoms with van der Waals surface area (Å²) in [5, 5.41) is 14.2. The Labute approximate surface area is 157 Å². The Bertz CT molecular complexity index is 1070. The van der Waals surface area contributed by atoms with Crippen molar-refractivity contribution in [3.8, 4) is 28.5 Å². The molecule has 136 valence electrons. The number of tetrazole rings is 1. The molecular formula is C20H20N6O. The van der Waals surface area contributed by atoms with Gasteiger partial charge < -0.3 is 9.30 Å². The maximum Gasteiger partial charge on any atom is 0.204 e. The number of benzene rings is 2. The molecule has 2 heterocycles. The van der Waals surface area contributed by atoms with Gasteiger partial charge in [-0.2, -0.15) is 5.21 Å². The van der Waals surface area contributed by atoms with Crippen LogP contribution in [-0.4, -0.2) is 37.3 Å². The lowest BCUT2D eigenvalue weighted by atomic mass is 10.0. The first-order valence-corrected chi connectivity index (χ1v) is 8.66. The molecule has 0 aliphatic rings. The van der Waals surface area contributed by atoms with E-state index in [9.17, 15) is 0 Å². The van der Waals surface area contributed by atoms with Gasteiger partial charge in [-0.05, 0) is 54.0 Å². The van der Waals surface area contributed by atoms with Crippen molar-refractivity contribution in [3.63, 3.8) is 0 Å². The van der Waals surface area contributed by atoms with Crippen LogP contribution in [0.4, 0.5) is 0 Å². The molecule has 27 heavy (non-hydrogen) atoms. The number of imidazole rings is 1. The lowest BCUT2D eigenvalue weighted by Crippen LogP contribution is -2.03. The molecule has 2 aromatic carbocycles. The van der Waals surface area contributed by atoms with Crippen molar-refractivity contribution in [3.05, 3.63) is 65.5 Å². The van der Waals surface area contributed by atoms with E-state index in [4.69, 9.17) is 4.74 Å². The van der Waals surface area contributed by atoms with Crippen molar-refractivity contribution < 1.29 is 4.74 Å². The predicted octanol–water partition coefficient (Wildman–Crippen LogP) is 3.40. The fraction of sp³-hybridized carbons (Fsp3) is 0.200. The Morgan fingerprint density at radius 3 is 2.78 bits per heavy atom. The molecule has 0 atom stereocenters. The largest absolute Gasteiger partial charge is 0.496 e. The molecular weight excluding hydrogens is 340 g/mol. The first kappa shape index (κ1) is 17.0. The second-order valence-electron chi connectivity index (χ2n) is 6.38. The number of methoxy groups -OCH3 is 1. The topological polar surface area (TPSA) is 81.5 Å². The number of hydrogen-bond donors (Lipinski definition) is 1. The van der Waals surface area contributed by atoms with Crippen LogP contribution in [0.3, 0.4) is 0 Å². The number of nitrogens with zero attached hydrogens (tertiary/aromatic N) is 5. The van der Waals surface area contributed by atoms with Crippen LogP contribution >= 0.6 is 0 Å². The maximum absolute atomic E-state index is 5.43. The molecule has 7 heteroatoms. The summed E-state index contributed by atoms with van der Waals surface area (Å²) >= 11 is 0. The number of H-pyrrole nitrogens is 1. The number of aromatic amines is 1. The van der Waals surface area contributed by atoms with Crippen LogP contribution in [0, 0.1) is 13.8 Å². The first-order chi connectivity index (χ1) is 13.2. The van der Waals surface area contributed by atoms with Gasteiger partial charge in [-0.1, -0.05) is 18.2 Å². The SMILES string of the molecule is COc1ccc(-c2nccn2Cc2cccc(-c3nn[nH]n3)c2)c(C)c1C. The van der Waals surface area contributed by atoms with E-state index < -0.39 is 0 Å². The smallest absolute Gasteiger partial charge is 0.204 e. The number of nitrogens with one attached hydrogen (secondary N) is 1. The van der Waals surface area contributed by atoms with E-state index in [1.165, 1.54) is 5.56 Å². The molecule has 0 spiro atoms. The van der Waals surface area contributed by atoms with Gasteiger partial charge in [0, 0.05) is 30.1 Å². The number of ether oxygens (including phenoxy) is 1. The second kappa shape index (κ2) is 7.03. The standard InChI is InChI=1S/C20H20N6O/c1-13-14(2)18(27-3)8-7-17(13)20-21-9-10-26(20)12-15-5-4-6-16(11-15)19-22-24-25-23-19/h4-11H,12H2,1-3H3,(H,22,23,24,25). The van der Waals surface area contributed by atoms with Gasteiger partial charge in [-0.3, -0.25) is 0 Å². The van der Waals surface area contributed by atoms with E-state index in [0.29, 0.717) is 12.4 Å². The third-order valence-corrected chi connectivity index (χ3v) is 4.80. The third kappa shape index (κ3) is 3.19. The van der Waals surface area contributed by atoms with E-state index in [0.717, 1.165) is 33.8 Å². The predicted molar refractivity (Wildman–Crippen MR) is 102 cm³/mol. The average Bonchev–Trinajstić information content (AvgIpc) is 3.36. The van der Waals surface area contributed by atoms with Crippen molar-refractivity contribution >= 4 is 0 Å². The van der Waals surface area contributed by atoms with Crippen molar-refractivity contribution in [1.29, 1.82) is 0 Å². The summed E-state index contributed by atoms with van der Waals surface area (Å²) in [6.45, 7) is 4.87. The van der Waals surface area contributed by atoms with Crippen LogP contribution in [0.15, 0.2) is 48.8 Å². The van der Waals surface area contributed by atoms with Gasteiger partial charge in [-0.15, -0.1) is 10.2 Å². The Morgan fingerprint density at radius 2 is 2.00 bits per heavy atom. The minimum absolute atomic E-state index is 0.587. The monoisotopic (exact) mass is 360 g/mol. The molecule has 0 aliphatic carbocycles. The van der Waals surface area contributed by atoms with Gasteiger partial charge in [0.05, 0.1) is 7.11 Å². The van der Waals surface area contributed by atoms with E-state index in [-0.39, 0.29) is 0 Å². The molecule has 4 aromatic rings. The Morgan fingerprint density at radius 1 is 1.11 bits per heavy atom. The summed E-state index contributed by atoms with van der Waals surface area (Å²) in [4.78, 5) is 4.59. The van der Waals surface area contributed by atoms with Crippen molar-refractivity contribution in [2.45, 2.75) is 20.4 Å². The molecule has 7 nitrogen and oxygen atoms in total. The molecule has 4 rings (SSSR count). The fourth-order valence-corrected chi connectivity index (χ4v) is 3.23. The van der Waals surface area contributed by atoms with Crippen molar-refractivity contribution in [1.82, 2.24) is 30.2 Å². The van der Waals surface area contributed by atoms with Gasteiger partial charge in [-0.25, -0.2) is 4.98 Å². The lowest BCUT2D eigenvalue weighted by molar-refractivity contribution is 0.411. The molecule has 0 radical (unpaired) electrons. The van der Waals surface area contributed by atoms with E-state index >= 15 is 0 Å². The number of aromatic nitrogens is 6. The molecule has 0 aliphatic heterocycles. The summed E-state index contributed by atoms with van der Waals surface area (Å²) in [6.07, 6.45) is 3.83. The van der Waals surface area contributed by atoms with Gasteiger partial charge in [0.25, 0.3) is 0 Å². The van der Waals surface area contributed by atoms with Gasteiger partial charge in [0.2, 0.25) is 5.82 Å². The van der Waals surface area contributed by atoms with Crippen LogP contribution in [-0.2, 0) is 6.54 Å². The van der Waals surface area contributed by atoms with Crippen LogP contribution in [0.2, 0.25) is 0 Å². The van der Waals surface area contributed by atoms with Gasteiger partial charge >= 0.3 is 0 Å². The highest BCUT2D eigenvalue weighted by Gasteiger charge is 2.13. The summed E-state index contributed by atoms with van der Waals surface area (Å²) in [5.41, 5.74) is 5.47. The third-order valence-electron chi connectivity index (χ3n) is 4.80. The Kier molecular flexibility index (Phi) is 4.42. The summed E-state index contributed by atoms with van der Waals surface area (Å²) in [6, 6.07) is 12.2. The molecule has 0 saturated heterocycles. The van der Waals surface area contributed by atoms with Gasteiger partial charge in [0.1, 0.15) is 11.6 Å². The normalized spacial score (nSPS) is 10.9. The number of hydrogen-bond acceptors (Lipinski definition) is 5. The van der Waals surface area contributed by atoms with Crippen LogP contribution in [0.5, 0.6) is 5.75 Å². The average molecular weight is 360 g/mol. The second-order valence-corrected chi connectivity index (χ2v) is 6.38. The molecule has 2 aromatic heterocycles. The highest BCUT2D eigenvalue weighted by Crippen LogP contribution is 2.30. The summed E-state index contributed by atoms with van der Waals surface area (Å²) < 4.78 is 7.57. The van der Waals surface area contributed by atoms with E-state index in [2.05, 4.69) is 62.2 Å². The van der Waals surface area contributed by atoms with Crippen molar-refractivity contribution in [2.75, 3.05) is 7.11 Å². The zero-order valence-electron chi connectivity index (χ0n) is 15.5. The minimum atomic E-state index is 0.587. The fourth-order valence-electron chi connectivity index (χ4n) is 3.23. The molecule has 0 unspecified atom stereocenters. The van der Waals surface area contributed by atoms with Crippen LogP contribution < -0.4 is 4.74 Å². The van der Waals surface area contributed by atoms with E-state index in [1.54, 1.807) is 7.11 Å². The van der Waals surface area contributed by atoms with Crippen molar-refractivity contribution in [2.24, 2.45) is 0 Å². The van der Waals surface area contributed by atoms with Gasteiger partial charge in [0.15, 0.2) is 0 Å². The maximum atomic E-state index is 5.43. The molecule has 0 saturated carbocycles. The highest BCUT2D eigenvalue weighted by atomic mass is 16.5. The summed E-state index contributed by atoms with van der Waals surface area (Å²) in [5.74, 6) is 2.41. The quantitative estimate of drug-likeness (QED) is 0.590. The molecule has 0 bridgehead atoms. The zero-order chi connectivity index (χ0) is 18.8. The molecule has 0 amide bonds. The zero-order valence-corrected chi connectivity index (χ0v) is 15.5. The minimum Gasteiger partial charge on any atom is -0.496 e. The Hall–Kier alpha value is -3.48. The summed E-state index contributed by atoms with van der Waals surface area (Å²) in [7, 11) is 1.69. The Balaban J connectivity index is 1.68. The van der Waals surface area contributed by atoms with E-state index in [1.807, 2.05) is 30.6 Å². The lowest BCUT2D eigenvalue weighted by Gasteiger charge is -2.14. The molecule has 1 N–H and O–H groups in total. The van der Waals surface area contributed by atoms with Crippen LogP contribution in [0.25, 0.3) is 22.8 Å². The highest BCUT2D eigenvalue weighted by molar-refractivity contribution is 5.65. The van der Waals surface area contributed by atoms with Crippen LogP contribution in [0.1, 0.15) is 16.7 Å². The number of rotatable bonds is 5. The first-order valence-electron chi connectivity index (χ1n) is 8.66. The molecule has 0 fully saturated rings.